The van der Waals surface area contributed by atoms with Crippen LogP contribution in [0.1, 0.15) is 0 Å². The number of anilines is 2. The molecule has 0 fully saturated rings. The van der Waals surface area contributed by atoms with Crippen molar-refractivity contribution in [2.45, 2.75) is 4.90 Å². The molecule has 0 spiro atoms. The second kappa shape index (κ2) is 10.1. The molecule has 1 heterocycles. The van der Waals surface area contributed by atoms with Crippen LogP contribution in [-0.2, 0) is 10.1 Å². The van der Waals surface area contributed by atoms with Crippen LogP contribution in [0.4, 0.5) is 17.1 Å². The van der Waals surface area contributed by atoms with E-state index in [1.54, 1.807) is 18.2 Å². The van der Waals surface area contributed by atoms with E-state index in [0.29, 0.717) is 33.4 Å². The fraction of sp³-hybridized carbons (Fsp3) is 0.0606. The fourth-order valence-corrected chi connectivity index (χ4v) is 5.82. The lowest BCUT2D eigenvalue weighted by atomic mass is 9.93. The summed E-state index contributed by atoms with van der Waals surface area (Å²) >= 11 is 0. The third-order valence-corrected chi connectivity index (χ3v) is 8.07. The van der Waals surface area contributed by atoms with Gasteiger partial charge in [0, 0.05) is 53.0 Å². The quantitative estimate of drug-likeness (QED) is 0.138. The van der Waals surface area contributed by atoms with Gasteiger partial charge in [-0.1, -0.05) is 66.7 Å². The standard InChI is InChI=1S/C33H26N2O4S/c1-34(23-12-5-3-6-13-23)25-20-21-26-30(22-25)39-33-28(32(26)27-16-9-10-19-31(27)40(36,37)38)17-11-18-29(33)35(2)24-14-7-4-8-15-24/h3-22H,1-2H3. The van der Waals surface area contributed by atoms with Crippen LogP contribution in [0.15, 0.2) is 131 Å². The van der Waals surface area contributed by atoms with Crippen molar-refractivity contribution in [3.63, 3.8) is 0 Å². The van der Waals surface area contributed by atoms with Crippen LogP contribution in [0.2, 0.25) is 0 Å². The molecule has 4 aromatic carbocycles. The number of rotatable bonds is 5. The average molecular weight is 547 g/mol. The van der Waals surface area contributed by atoms with E-state index in [1.165, 1.54) is 6.07 Å². The number of benzene rings is 5. The second-order valence-electron chi connectivity index (χ2n) is 9.55. The van der Waals surface area contributed by atoms with Crippen molar-refractivity contribution in [3.8, 4) is 22.5 Å². The van der Waals surface area contributed by atoms with E-state index in [9.17, 15) is 13.0 Å². The van der Waals surface area contributed by atoms with Gasteiger partial charge in [-0.15, -0.1) is 0 Å². The molecule has 1 aliphatic carbocycles. The van der Waals surface area contributed by atoms with Crippen LogP contribution in [0.3, 0.4) is 0 Å². The molecule has 2 aliphatic rings. The van der Waals surface area contributed by atoms with Gasteiger partial charge < -0.3 is 13.9 Å². The molecule has 6 nitrogen and oxygen atoms in total. The predicted octanol–water partition coefficient (Wildman–Crippen LogP) is 6.61. The first-order valence-corrected chi connectivity index (χ1v) is 14.2. The highest BCUT2D eigenvalue weighted by molar-refractivity contribution is 7.85. The number of para-hydroxylation sites is 3. The molecule has 40 heavy (non-hydrogen) atoms. The number of nitrogens with zero attached hydrogens (tertiary/aromatic N) is 2. The van der Waals surface area contributed by atoms with Gasteiger partial charge in [-0.05, 0) is 30.3 Å². The van der Waals surface area contributed by atoms with Crippen molar-refractivity contribution in [1.82, 2.24) is 4.58 Å². The van der Waals surface area contributed by atoms with Gasteiger partial charge in [0.25, 0.3) is 0 Å². The lowest BCUT2D eigenvalue weighted by molar-refractivity contribution is 0.463. The first-order valence-electron chi connectivity index (χ1n) is 12.8. The number of hydrogen-bond acceptors (Lipinski definition) is 5. The molecule has 0 bridgehead atoms. The van der Waals surface area contributed by atoms with E-state index in [-0.39, 0.29) is 4.90 Å². The Morgan fingerprint density at radius 1 is 0.750 bits per heavy atom. The first kappa shape index (κ1) is 25.6. The third kappa shape index (κ3) is 4.55. The van der Waals surface area contributed by atoms with Gasteiger partial charge >= 0.3 is 0 Å². The first-order chi connectivity index (χ1) is 19.3. The minimum atomic E-state index is -4.75. The molecular formula is C33H26N2O4S. The zero-order valence-electron chi connectivity index (χ0n) is 22.0. The zero-order valence-corrected chi connectivity index (χ0v) is 22.8. The predicted molar refractivity (Wildman–Crippen MR) is 158 cm³/mol. The highest BCUT2D eigenvalue weighted by atomic mass is 32.2. The third-order valence-electron chi connectivity index (χ3n) is 7.17. The van der Waals surface area contributed by atoms with E-state index in [1.807, 2.05) is 116 Å². The molecule has 0 atom stereocenters. The summed E-state index contributed by atoms with van der Waals surface area (Å²) < 4.78 is 45.8. The summed E-state index contributed by atoms with van der Waals surface area (Å²) in [5.41, 5.74) is 5.02. The van der Waals surface area contributed by atoms with Crippen molar-refractivity contribution in [2.75, 3.05) is 19.0 Å². The van der Waals surface area contributed by atoms with Crippen molar-refractivity contribution in [3.05, 3.63) is 127 Å². The summed E-state index contributed by atoms with van der Waals surface area (Å²) in [6.07, 6.45) is 0. The summed E-state index contributed by atoms with van der Waals surface area (Å²) in [5, 5.41) is 1.60. The molecule has 0 saturated heterocycles. The lowest BCUT2D eigenvalue weighted by Crippen LogP contribution is -2.21. The molecule has 0 amide bonds. The van der Waals surface area contributed by atoms with Crippen molar-refractivity contribution >= 4 is 38.1 Å². The Morgan fingerprint density at radius 2 is 1.43 bits per heavy atom. The normalized spacial score (nSPS) is 12.5. The van der Waals surface area contributed by atoms with Gasteiger partial charge in [0.15, 0.2) is 5.58 Å². The summed E-state index contributed by atoms with van der Waals surface area (Å²) in [7, 11) is -0.809. The molecule has 198 valence electrons. The van der Waals surface area contributed by atoms with E-state index >= 15 is 0 Å². The Bertz CT molecular complexity index is 2000. The Morgan fingerprint density at radius 3 is 2.15 bits per heavy atom. The zero-order chi connectivity index (χ0) is 27.9. The molecule has 6 rings (SSSR count). The Balaban J connectivity index is 1.73. The molecule has 0 aromatic heterocycles. The summed E-state index contributed by atoms with van der Waals surface area (Å²) in [6.45, 7) is 0. The Hall–Kier alpha value is -4.72. The maximum Gasteiger partial charge on any atom is 0.209 e. The van der Waals surface area contributed by atoms with Crippen molar-refractivity contribution in [1.29, 1.82) is 0 Å². The molecular weight excluding hydrogens is 520 g/mol. The van der Waals surface area contributed by atoms with Crippen molar-refractivity contribution in [2.24, 2.45) is 0 Å². The maximum atomic E-state index is 12.4. The molecule has 0 saturated carbocycles. The van der Waals surface area contributed by atoms with Crippen LogP contribution in [0.5, 0.6) is 0 Å². The van der Waals surface area contributed by atoms with Gasteiger partial charge in [-0.25, -0.2) is 8.42 Å². The van der Waals surface area contributed by atoms with E-state index in [2.05, 4.69) is 4.58 Å². The molecule has 7 heteroatoms. The van der Waals surface area contributed by atoms with Gasteiger partial charge in [0.05, 0.1) is 16.6 Å². The smallest absolute Gasteiger partial charge is 0.209 e. The second-order valence-corrected chi connectivity index (χ2v) is 10.9. The summed E-state index contributed by atoms with van der Waals surface area (Å²) in [6, 6.07) is 37.8. The van der Waals surface area contributed by atoms with Crippen LogP contribution < -0.4 is 14.8 Å². The lowest BCUT2D eigenvalue weighted by Gasteiger charge is -2.23. The number of hydrogen-bond donors (Lipinski definition) is 0. The van der Waals surface area contributed by atoms with Crippen LogP contribution in [0, 0.1) is 0 Å². The molecule has 0 radical (unpaired) electrons. The average Bonchev–Trinajstić information content (AvgIpc) is 2.99. The highest BCUT2D eigenvalue weighted by Crippen LogP contribution is 2.45. The SMILES string of the molecule is CN(c1ccccc1)c1cccc2c(-c3ccccc3S(=O)(=O)[O-])c3ccc(=[N+](C)c4ccccc4)cc-3oc12. The van der Waals surface area contributed by atoms with Gasteiger partial charge in [-0.2, -0.15) is 4.58 Å². The van der Waals surface area contributed by atoms with Crippen LogP contribution in [0.25, 0.3) is 33.4 Å². The topological polar surface area (TPSA) is 76.6 Å². The van der Waals surface area contributed by atoms with Gasteiger partial charge in [0.2, 0.25) is 11.0 Å². The summed E-state index contributed by atoms with van der Waals surface area (Å²) in [4.78, 5) is 1.76. The fourth-order valence-electron chi connectivity index (χ4n) is 5.13. The van der Waals surface area contributed by atoms with E-state index in [4.69, 9.17) is 4.42 Å². The Kier molecular flexibility index (Phi) is 6.46. The van der Waals surface area contributed by atoms with Crippen molar-refractivity contribution < 1.29 is 17.4 Å². The monoisotopic (exact) mass is 546 g/mol. The molecule has 0 unspecified atom stereocenters. The molecule has 1 aliphatic heterocycles. The van der Waals surface area contributed by atoms with E-state index in [0.717, 1.165) is 22.4 Å². The van der Waals surface area contributed by atoms with Gasteiger partial charge in [0.1, 0.15) is 22.9 Å². The largest absolute Gasteiger partial charge is 0.744 e. The molecule has 0 N–H and O–H groups in total. The number of fused-ring (bicyclic) bond motifs is 2. The van der Waals surface area contributed by atoms with Crippen LogP contribution in [-0.4, -0.2) is 27.1 Å². The minimum Gasteiger partial charge on any atom is -0.744 e. The summed E-state index contributed by atoms with van der Waals surface area (Å²) in [5.74, 6) is 0.565. The van der Waals surface area contributed by atoms with Crippen LogP contribution >= 0.6 is 0 Å². The minimum absolute atomic E-state index is 0.268. The van der Waals surface area contributed by atoms with Gasteiger partial charge in [-0.3, -0.25) is 0 Å². The van der Waals surface area contributed by atoms with E-state index < -0.39 is 10.1 Å². The molecule has 4 aromatic rings. The highest BCUT2D eigenvalue weighted by Gasteiger charge is 2.24. The maximum absolute atomic E-state index is 12.4. The Labute approximate surface area is 232 Å².